The highest BCUT2D eigenvalue weighted by Gasteiger charge is 2.17. The quantitative estimate of drug-likeness (QED) is 0.552. The standard InChI is InChI=1S/C19H30N4O3.2ClH/c1-3-23(4-2)10-8-21-19(25)15-6-5-7-16(12-15)22-18(24)13-17-14-26-11-9-20-17;;/h5-7,12,17,20H,3-4,8-11,13-14H2,1-2H3,(H,21,25)(H,22,24);2*1H. The van der Waals surface area contributed by atoms with E-state index in [1.807, 2.05) is 0 Å². The van der Waals surface area contributed by atoms with E-state index in [4.69, 9.17) is 4.74 Å². The molecule has 0 radical (unpaired) electrons. The first kappa shape index (κ1) is 26.6. The first-order valence-corrected chi connectivity index (χ1v) is 9.34. The van der Waals surface area contributed by atoms with Gasteiger partial charge in [-0.25, -0.2) is 0 Å². The number of nitrogens with zero attached hydrogens (tertiary/aromatic N) is 1. The Bertz CT molecular complexity index is 594. The number of carbonyl (C=O) groups is 2. The van der Waals surface area contributed by atoms with Crippen LogP contribution in [0.5, 0.6) is 0 Å². The molecule has 1 heterocycles. The Labute approximate surface area is 179 Å². The number of halogens is 2. The fraction of sp³-hybridized carbons (Fsp3) is 0.579. The Hall–Kier alpha value is -1.38. The molecule has 0 bridgehead atoms. The van der Waals surface area contributed by atoms with Gasteiger partial charge in [-0.1, -0.05) is 19.9 Å². The van der Waals surface area contributed by atoms with Crippen molar-refractivity contribution in [1.29, 1.82) is 0 Å². The monoisotopic (exact) mass is 434 g/mol. The van der Waals surface area contributed by atoms with Crippen LogP contribution in [0.4, 0.5) is 5.69 Å². The lowest BCUT2D eigenvalue weighted by molar-refractivity contribution is -0.117. The lowest BCUT2D eigenvalue weighted by Gasteiger charge is -2.23. The van der Waals surface area contributed by atoms with Crippen LogP contribution in [-0.4, -0.2) is 68.7 Å². The molecule has 1 aromatic rings. The van der Waals surface area contributed by atoms with Crippen LogP contribution in [0.1, 0.15) is 30.6 Å². The first-order chi connectivity index (χ1) is 12.6. The van der Waals surface area contributed by atoms with E-state index in [9.17, 15) is 9.59 Å². The number of nitrogens with one attached hydrogen (secondary N) is 3. The number of morpholine rings is 1. The second kappa shape index (κ2) is 14.6. The summed E-state index contributed by atoms with van der Waals surface area (Å²) in [6.45, 7) is 9.56. The van der Waals surface area contributed by atoms with E-state index in [1.54, 1.807) is 24.3 Å². The van der Waals surface area contributed by atoms with Gasteiger partial charge < -0.3 is 25.6 Å². The van der Waals surface area contributed by atoms with Crippen molar-refractivity contribution in [3.8, 4) is 0 Å². The largest absolute Gasteiger partial charge is 0.378 e. The zero-order valence-corrected chi connectivity index (χ0v) is 18.2. The maximum Gasteiger partial charge on any atom is 0.251 e. The van der Waals surface area contributed by atoms with Crippen LogP contribution in [0, 0.1) is 0 Å². The number of hydrogen-bond donors (Lipinski definition) is 3. The molecule has 1 fully saturated rings. The van der Waals surface area contributed by atoms with Crippen molar-refractivity contribution in [3.05, 3.63) is 29.8 Å². The molecule has 7 nitrogen and oxygen atoms in total. The van der Waals surface area contributed by atoms with Crippen molar-refractivity contribution < 1.29 is 14.3 Å². The summed E-state index contributed by atoms with van der Waals surface area (Å²) in [6, 6.07) is 7.05. The van der Waals surface area contributed by atoms with Crippen LogP contribution in [0.3, 0.4) is 0 Å². The average Bonchev–Trinajstić information content (AvgIpc) is 2.66. The van der Waals surface area contributed by atoms with Gasteiger partial charge in [0.05, 0.1) is 13.2 Å². The molecule has 1 aromatic carbocycles. The SMILES string of the molecule is CCN(CC)CCNC(=O)c1cccc(NC(=O)CC2COCCN2)c1.Cl.Cl. The number of carbonyl (C=O) groups excluding carboxylic acids is 2. The van der Waals surface area contributed by atoms with Gasteiger partial charge in [-0.2, -0.15) is 0 Å². The third-order valence-corrected chi connectivity index (χ3v) is 4.45. The highest BCUT2D eigenvalue weighted by Crippen LogP contribution is 2.12. The normalized spacial score (nSPS) is 15.9. The number of ether oxygens (including phenoxy) is 1. The Kier molecular flexibility index (Phi) is 13.9. The molecule has 0 aliphatic carbocycles. The lowest BCUT2D eigenvalue weighted by atomic mass is 10.1. The van der Waals surface area contributed by atoms with E-state index in [0.717, 1.165) is 26.2 Å². The van der Waals surface area contributed by atoms with Gasteiger partial charge in [-0.15, -0.1) is 24.8 Å². The van der Waals surface area contributed by atoms with Crippen LogP contribution in [0.25, 0.3) is 0 Å². The predicted molar refractivity (Wildman–Crippen MR) is 117 cm³/mol. The number of anilines is 1. The molecule has 3 N–H and O–H groups in total. The topological polar surface area (TPSA) is 82.7 Å². The molecule has 1 saturated heterocycles. The third-order valence-electron chi connectivity index (χ3n) is 4.45. The number of hydrogen-bond acceptors (Lipinski definition) is 5. The molecular formula is C19H32Cl2N4O3. The van der Waals surface area contributed by atoms with Crippen molar-refractivity contribution in [2.75, 3.05) is 51.3 Å². The summed E-state index contributed by atoms with van der Waals surface area (Å²) in [5.74, 6) is -0.220. The highest BCUT2D eigenvalue weighted by molar-refractivity contribution is 5.97. The van der Waals surface area contributed by atoms with Crippen LogP contribution >= 0.6 is 24.8 Å². The van der Waals surface area contributed by atoms with E-state index in [1.165, 1.54) is 0 Å². The molecule has 0 spiro atoms. The summed E-state index contributed by atoms with van der Waals surface area (Å²) in [4.78, 5) is 26.7. The summed E-state index contributed by atoms with van der Waals surface area (Å²) in [5, 5.41) is 9.03. The van der Waals surface area contributed by atoms with Crippen molar-refractivity contribution >= 4 is 42.3 Å². The van der Waals surface area contributed by atoms with Gasteiger partial charge in [-0.05, 0) is 31.3 Å². The van der Waals surface area contributed by atoms with Crippen molar-refractivity contribution in [2.24, 2.45) is 0 Å². The van der Waals surface area contributed by atoms with E-state index < -0.39 is 0 Å². The van der Waals surface area contributed by atoms with Crippen LogP contribution in [0.2, 0.25) is 0 Å². The lowest BCUT2D eigenvalue weighted by Crippen LogP contribution is -2.43. The molecule has 0 aromatic heterocycles. The summed E-state index contributed by atoms with van der Waals surface area (Å²) in [5.41, 5.74) is 1.17. The van der Waals surface area contributed by atoms with Crippen molar-refractivity contribution in [1.82, 2.24) is 15.5 Å². The van der Waals surface area contributed by atoms with Crippen molar-refractivity contribution in [2.45, 2.75) is 26.3 Å². The van der Waals surface area contributed by atoms with E-state index in [0.29, 0.717) is 37.4 Å². The molecule has 1 aliphatic rings. The maximum absolute atomic E-state index is 12.3. The maximum atomic E-state index is 12.3. The van der Waals surface area contributed by atoms with E-state index >= 15 is 0 Å². The number of rotatable bonds is 9. The van der Waals surface area contributed by atoms with Gasteiger partial charge >= 0.3 is 0 Å². The van der Waals surface area contributed by atoms with Gasteiger partial charge in [0, 0.05) is 43.3 Å². The number of benzene rings is 1. The molecule has 2 amide bonds. The van der Waals surface area contributed by atoms with E-state index in [2.05, 4.69) is 34.7 Å². The van der Waals surface area contributed by atoms with Gasteiger partial charge in [0.2, 0.25) is 5.91 Å². The van der Waals surface area contributed by atoms with Crippen LogP contribution in [0.15, 0.2) is 24.3 Å². The summed E-state index contributed by atoms with van der Waals surface area (Å²) in [7, 11) is 0. The van der Waals surface area contributed by atoms with Crippen LogP contribution in [-0.2, 0) is 9.53 Å². The molecule has 2 rings (SSSR count). The van der Waals surface area contributed by atoms with Gasteiger partial charge in [0.25, 0.3) is 5.91 Å². The molecule has 160 valence electrons. The highest BCUT2D eigenvalue weighted by atomic mass is 35.5. The molecule has 0 saturated carbocycles. The molecule has 28 heavy (non-hydrogen) atoms. The minimum Gasteiger partial charge on any atom is -0.378 e. The van der Waals surface area contributed by atoms with Crippen molar-refractivity contribution in [3.63, 3.8) is 0 Å². The molecule has 9 heteroatoms. The van der Waals surface area contributed by atoms with Gasteiger partial charge in [0.15, 0.2) is 0 Å². The number of likely N-dealkylation sites (N-methyl/N-ethyl adjacent to an activating group) is 1. The van der Waals surface area contributed by atoms with Gasteiger partial charge in [0.1, 0.15) is 0 Å². The Balaban J connectivity index is 0.00000364. The Morgan fingerprint density at radius 1 is 1.25 bits per heavy atom. The minimum absolute atomic E-state index is 0. The summed E-state index contributed by atoms with van der Waals surface area (Å²) >= 11 is 0. The second-order valence-corrected chi connectivity index (χ2v) is 6.34. The molecule has 1 unspecified atom stereocenters. The third kappa shape index (κ3) is 9.21. The predicted octanol–water partition coefficient (Wildman–Crippen LogP) is 1.92. The smallest absolute Gasteiger partial charge is 0.251 e. The molecular weight excluding hydrogens is 403 g/mol. The summed E-state index contributed by atoms with van der Waals surface area (Å²) in [6.07, 6.45) is 0.348. The second-order valence-electron chi connectivity index (χ2n) is 6.34. The first-order valence-electron chi connectivity index (χ1n) is 9.34. The molecule has 1 aliphatic heterocycles. The van der Waals surface area contributed by atoms with Crippen LogP contribution < -0.4 is 16.0 Å². The minimum atomic E-state index is -0.129. The van der Waals surface area contributed by atoms with E-state index in [-0.39, 0.29) is 42.7 Å². The molecule has 1 atom stereocenters. The average molecular weight is 435 g/mol. The van der Waals surface area contributed by atoms with Gasteiger partial charge in [-0.3, -0.25) is 9.59 Å². The summed E-state index contributed by atoms with van der Waals surface area (Å²) < 4.78 is 5.36. The fourth-order valence-electron chi connectivity index (χ4n) is 2.89. The zero-order valence-electron chi connectivity index (χ0n) is 16.5. The zero-order chi connectivity index (χ0) is 18.8. The Morgan fingerprint density at radius 3 is 2.64 bits per heavy atom. The fourth-order valence-corrected chi connectivity index (χ4v) is 2.89. The number of amides is 2. The Morgan fingerprint density at radius 2 is 2.00 bits per heavy atom.